The number of rotatable bonds is 8. The summed E-state index contributed by atoms with van der Waals surface area (Å²) in [4.78, 5) is 18.4. The van der Waals surface area contributed by atoms with Gasteiger partial charge in [-0.15, -0.1) is 11.3 Å². The third-order valence-corrected chi connectivity index (χ3v) is 6.99. The molecule has 1 saturated heterocycles. The average Bonchev–Trinajstić information content (AvgIpc) is 3.18. The SMILES string of the molecule is CC(C)C(CN1CCN(Cc2ccc(Cl)c(Cl)c2)CC1)NC(=O)Cc1cccs1. The summed E-state index contributed by atoms with van der Waals surface area (Å²) >= 11 is 13.8. The minimum absolute atomic E-state index is 0.115. The lowest BCUT2D eigenvalue weighted by Crippen LogP contribution is -2.52. The van der Waals surface area contributed by atoms with E-state index in [4.69, 9.17) is 23.2 Å². The minimum atomic E-state index is 0.115. The molecule has 0 aliphatic carbocycles. The molecule has 1 aromatic heterocycles. The van der Waals surface area contributed by atoms with Crippen LogP contribution >= 0.6 is 34.5 Å². The molecule has 7 heteroatoms. The molecular weight excluding hydrogens is 425 g/mol. The Morgan fingerprint density at radius 3 is 2.45 bits per heavy atom. The van der Waals surface area contributed by atoms with Crippen molar-refractivity contribution in [1.82, 2.24) is 15.1 Å². The van der Waals surface area contributed by atoms with Crippen molar-refractivity contribution in [2.75, 3.05) is 32.7 Å². The molecule has 1 aliphatic heterocycles. The Bertz CT molecular complexity index is 789. The fraction of sp³-hybridized carbons (Fsp3) is 0.500. The molecule has 1 unspecified atom stereocenters. The number of thiophene rings is 1. The highest BCUT2D eigenvalue weighted by molar-refractivity contribution is 7.10. The first-order chi connectivity index (χ1) is 13.9. The monoisotopic (exact) mass is 453 g/mol. The summed E-state index contributed by atoms with van der Waals surface area (Å²) in [6.45, 7) is 10.2. The molecule has 158 valence electrons. The van der Waals surface area contributed by atoms with E-state index in [-0.39, 0.29) is 11.9 Å². The molecule has 29 heavy (non-hydrogen) atoms. The van der Waals surface area contributed by atoms with Crippen LogP contribution < -0.4 is 5.32 Å². The Balaban J connectivity index is 1.46. The number of nitrogens with one attached hydrogen (secondary N) is 1. The number of halogens is 2. The van der Waals surface area contributed by atoms with Gasteiger partial charge in [0.1, 0.15) is 0 Å². The van der Waals surface area contributed by atoms with Crippen molar-refractivity contribution in [3.8, 4) is 0 Å². The molecule has 1 aliphatic rings. The van der Waals surface area contributed by atoms with E-state index >= 15 is 0 Å². The third kappa shape index (κ3) is 6.97. The van der Waals surface area contributed by atoms with Crippen molar-refractivity contribution in [1.29, 1.82) is 0 Å². The van der Waals surface area contributed by atoms with Crippen molar-refractivity contribution < 1.29 is 4.79 Å². The Labute approximate surface area is 187 Å². The number of carbonyl (C=O) groups is 1. The van der Waals surface area contributed by atoms with Gasteiger partial charge in [-0.2, -0.15) is 0 Å². The topological polar surface area (TPSA) is 35.6 Å². The van der Waals surface area contributed by atoms with E-state index in [2.05, 4.69) is 29.0 Å². The Morgan fingerprint density at radius 1 is 1.10 bits per heavy atom. The van der Waals surface area contributed by atoms with E-state index < -0.39 is 0 Å². The molecule has 0 radical (unpaired) electrons. The lowest BCUT2D eigenvalue weighted by molar-refractivity contribution is -0.121. The van der Waals surface area contributed by atoms with Gasteiger partial charge in [0, 0.05) is 50.2 Å². The largest absolute Gasteiger partial charge is 0.352 e. The van der Waals surface area contributed by atoms with Crippen LogP contribution in [0.3, 0.4) is 0 Å². The fourth-order valence-electron chi connectivity index (χ4n) is 3.56. The minimum Gasteiger partial charge on any atom is -0.352 e. The number of hydrogen-bond acceptors (Lipinski definition) is 4. The first-order valence-electron chi connectivity index (χ1n) is 10.1. The second-order valence-electron chi connectivity index (χ2n) is 8.00. The van der Waals surface area contributed by atoms with Crippen molar-refractivity contribution in [3.05, 3.63) is 56.2 Å². The maximum Gasteiger partial charge on any atom is 0.225 e. The molecule has 1 N–H and O–H groups in total. The van der Waals surface area contributed by atoms with Gasteiger partial charge in [-0.25, -0.2) is 0 Å². The molecule has 1 atom stereocenters. The van der Waals surface area contributed by atoms with Crippen LogP contribution in [0.25, 0.3) is 0 Å². The highest BCUT2D eigenvalue weighted by Gasteiger charge is 2.23. The second kappa shape index (κ2) is 10.8. The number of piperazine rings is 1. The molecule has 0 bridgehead atoms. The first kappa shape index (κ1) is 22.6. The van der Waals surface area contributed by atoms with Crippen LogP contribution in [0.1, 0.15) is 24.3 Å². The van der Waals surface area contributed by atoms with Gasteiger partial charge in [0.2, 0.25) is 5.91 Å². The highest BCUT2D eigenvalue weighted by atomic mass is 35.5. The van der Waals surface area contributed by atoms with Gasteiger partial charge in [-0.3, -0.25) is 14.6 Å². The number of amides is 1. The quantitative estimate of drug-likeness (QED) is 0.636. The van der Waals surface area contributed by atoms with Gasteiger partial charge < -0.3 is 5.32 Å². The molecule has 1 fully saturated rings. The summed E-state index contributed by atoms with van der Waals surface area (Å²) in [6, 6.07) is 10.0. The highest BCUT2D eigenvalue weighted by Crippen LogP contribution is 2.23. The molecule has 0 spiro atoms. The molecule has 0 saturated carbocycles. The predicted molar refractivity (Wildman–Crippen MR) is 123 cm³/mol. The molecule has 1 amide bonds. The van der Waals surface area contributed by atoms with Crippen LogP contribution in [-0.4, -0.2) is 54.5 Å². The normalized spacial score (nSPS) is 16.9. The van der Waals surface area contributed by atoms with Crippen LogP contribution in [0.4, 0.5) is 0 Å². The fourth-order valence-corrected chi connectivity index (χ4v) is 4.58. The van der Waals surface area contributed by atoms with Crippen LogP contribution in [0.15, 0.2) is 35.7 Å². The summed E-state index contributed by atoms with van der Waals surface area (Å²) in [5.41, 5.74) is 1.19. The molecule has 2 aromatic rings. The van der Waals surface area contributed by atoms with E-state index in [1.54, 1.807) is 11.3 Å². The number of benzene rings is 1. The Hall–Kier alpha value is -1.11. The van der Waals surface area contributed by atoms with Crippen molar-refractivity contribution >= 4 is 40.4 Å². The predicted octanol–water partition coefficient (Wildman–Crippen LogP) is 4.56. The van der Waals surface area contributed by atoms with E-state index in [1.165, 1.54) is 5.56 Å². The smallest absolute Gasteiger partial charge is 0.225 e. The van der Waals surface area contributed by atoms with Gasteiger partial charge in [0.05, 0.1) is 16.5 Å². The van der Waals surface area contributed by atoms with E-state index in [0.29, 0.717) is 22.4 Å². The summed E-state index contributed by atoms with van der Waals surface area (Å²) in [7, 11) is 0. The van der Waals surface area contributed by atoms with Crippen LogP contribution in [0, 0.1) is 5.92 Å². The van der Waals surface area contributed by atoms with E-state index in [0.717, 1.165) is 44.1 Å². The van der Waals surface area contributed by atoms with Crippen molar-refractivity contribution in [2.45, 2.75) is 32.9 Å². The van der Waals surface area contributed by atoms with Gasteiger partial charge in [-0.1, -0.05) is 49.2 Å². The first-order valence-corrected chi connectivity index (χ1v) is 11.7. The molecule has 1 aromatic carbocycles. The molecule has 3 rings (SSSR count). The molecule has 4 nitrogen and oxygen atoms in total. The zero-order valence-corrected chi connectivity index (χ0v) is 19.4. The number of hydrogen-bond donors (Lipinski definition) is 1. The van der Waals surface area contributed by atoms with Crippen molar-refractivity contribution in [3.63, 3.8) is 0 Å². The van der Waals surface area contributed by atoms with Gasteiger partial charge >= 0.3 is 0 Å². The van der Waals surface area contributed by atoms with Crippen LogP contribution in [-0.2, 0) is 17.8 Å². The van der Waals surface area contributed by atoms with Gasteiger partial charge in [-0.05, 0) is 35.1 Å². The summed E-state index contributed by atoms with van der Waals surface area (Å²) in [5, 5.41) is 6.47. The van der Waals surface area contributed by atoms with Gasteiger partial charge in [0.25, 0.3) is 0 Å². The Morgan fingerprint density at radius 2 is 1.83 bits per heavy atom. The molecule has 2 heterocycles. The summed E-state index contributed by atoms with van der Waals surface area (Å²) in [5.74, 6) is 0.515. The lowest BCUT2D eigenvalue weighted by atomic mass is 10.0. The van der Waals surface area contributed by atoms with Crippen LogP contribution in [0.2, 0.25) is 10.0 Å². The van der Waals surface area contributed by atoms with E-state index in [1.807, 2.05) is 35.7 Å². The second-order valence-corrected chi connectivity index (χ2v) is 9.85. The zero-order valence-electron chi connectivity index (χ0n) is 17.0. The molecular formula is C22H29Cl2N3OS. The van der Waals surface area contributed by atoms with Crippen molar-refractivity contribution in [2.24, 2.45) is 5.92 Å². The standard InChI is InChI=1S/C22H29Cl2N3OS/c1-16(2)21(25-22(28)13-18-4-3-11-29-18)15-27-9-7-26(8-10-27)14-17-5-6-19(23)20(24)12-17/h3-6,11-12,16,21H,7-10,13-15H2,1-2H3,(H,25,28). The third-order valence-electron chi connectivity index (χ3n) is 5.38. The van der Waals surface area contributed by atoms with E-state index in [9.17, 15) is 4.79 Å². The average molecular weight is 454 g/mol. The maximum atomic E-state index is 12.4. The zero-order chi connectivity index (χ0) is 20.8. The summed E-state index contributed by atoms with van der Waals surface area (Å²) < 4.78 is 0. The maximum absolute atomic E-state index is 12.4. The number of nitrogens with zero attached hydrogens (tertiary/aromatic N) is 2. The summed E-state index contributed by atoms with van der Waals surface area (Å²) in [6.07, 6.45) is 0.471. The van der Waals surface area contributed by atoms with Gasteiger partial charge in [0.15, 0.2) is 0 Å². The lowest BCUT2D eigenvalue weighted by Gasteiger charge is -2.37. The number of carbonyl (C=O) groups excluding carboxylic acids is 1. The Kier molecular flexibility index (Phi) is 8.39. The van der Waals surface area contributed by atoms with Crippen LogP contribution in [0.5, 0.6) is 0 Å².